The van der Waals surface area contributed by atoms with Gasteiger partial charge in [-0.1, -0.05) is 34.8 Å². The Kier molecular flexibility index (Phi) is 6.47. The molecule has 0 unspecified atom stereocenters. The average Bonchev–Trinajstić information content (AvgIpc) is 2.97. The van der Waals surface area contributed by atoms with Crippen LogP contribution >= 0.6 is 34.8 Å². The largest absolute Gasteiger partial charge is 0.490 e. The molecule has 0 radical (unpaired) electrons. The summed E-state index contributed by atoms with van der Waals surface area (Å²) in [6, 6.07) is 5.32. The summed E-state index contributed by atoms with van der Waals surface area (Å²) in [4.78, 5) is 2.24. The lowest BCUT2D eigenvalue weighted by Gasteiger charge is -2.33. The number of rotatable bonds is 6. The Morgan fingerprint density at radius 2 is 1.92 bits per heavy atom. The summed E-state index contributed by atoms with van der Waals surface area (Å²) >= 11 is 17.8. The number of nitrogens with zero attached hydrogens (tertiary/aromatic N) is 3. The molecule has 1 saturated heterocycles. The molecule has 0 saturated carbocycles. The lowest BCUT2D eigenvalue weighted by atomic mass is 10.1. The van der Waals surface area contributed by atoms with Gasteiger partial charge in [0.1, 0.15) is 11.9 Å². The van der Waals surface area contributed by atoms with Gasteiger partial charge in [-0.2, -0.15) is 5.10 Å². The number of aliphatic hydroxyl groups is 1. The van der Waals surface area contributed by atoms with Crippen molar-refractivity contribution in [2.24, 2.45) is 0 Å². The first kappa shape index (κ1) is 18.8. The number of aromatic nitrogens is 2. The highest BCUT2D eigenvalue weighted by Crippen LogP contribution is 2.28. The highest BCUT2D eigenvalue weighted by atomic mass is 35.5. The number of likely N-dealkylation sites (tertiary alicyclic amines) is 1. The standard InChI is InChI=1S/C17H20Cl3N3O2/c18-12-8-21-23(9-12)11-13(24)10-22-5-3-14(4-6-22)25-15-1-2-16(19)17(20)7-15/h1-2,7-9,13-14,24H,3-6,10-11H2/t13-/m1/s1. The second-order valence-corrected chi connectivity index (χ2v) is 7.48. The van der Waals surface area contributed by atoms with E-state index in [4.69, 9.17) is 39.5 Å². The van der Waals surface area contributed by atoms with Gasteiger partial charge < -0.3 is 14.7 Å². The van der Waals surface area contributed by atoms with Crippen LogP contribution in [0.4, 0.5) is 0 Å². The van der Waals surface area contributed by atoms with Gasteiger partial charge in [0, 0.05) is 31.9 Å². The zero-order valence-corrected chi connectivity index (χ0v) is 15.9. The lowest BCUT2D eigenvalue weighted by Crippen LogP contribution is -2.42. The highest BCUT2D eigenvalue weighted by Gasteiger charge is 2.22. The van der Waals surface area contributed by atoms with E-state index in [1.54, 1.807) is 29.2 Å². The van der Waals surface area contributed by atoms with Crippen molar-refractivity contribution in [2.75, 3.05) is 19.6 Å². The molecule has 25 heavy (non-hydrogen) atoms. The Hall–Kier alpha value is -0.980. The Morgan fingerprint density at radius 1 is 1.16 bits per heavy atom. The maximum atomic E-state index is 10.2. The summed E-state index contributed by atoms with van der Waals surface area (Å²) in [7, 11) is 0. The van der Waals surface area contributed by atoms with Crippen LogP contribution < -0.4 is 4.74 Å². The predicted molar refractivity (Wildman–Crippen MR) is 99.8 cm³/mol. The molecule has 0 bridgehead atoms. The van der Waals surface area contributed by atoms with Gasteiger partial charge >= 0.3 is 0 Å². The fourth-order valence-corrected chi connectivity index (χ4v) is 3.41. The summed E-state index contributed by atoms with van der Waals surface area (Å²) < 4.78 is 7.64. The number of hydrogen-bond acceptors (Lipinski definition) is 4. The van der Waals surface area contributed by atoms with E-state index in [1.807, 2.05) is 6.07 Å². The van der Waals surface area contributed by atoms with Crippen molar-refractivity contribution in [2.45, 2.75) is 31.6 Å². The summed E-state index contributed by atoms with van der Waals surface area (Å²) in [6.45, 7) is 2.80. The molecular formula is C17H20Cl3N3O2. The molecule has 136 valence electrons. The van der Waals surface area contributed by atoms with E-state index in [9.17, 15) is 5.11 Å². The molecule has 2 aromatic rings. The predicted octanol–water partition coefficient (Wildman–Crippen LogP) is 3.75. The topological polar surface area (TPSA) is 50.5 Å². The van der Waals surface area contributed by atoms with Crippen LogP contribution in [0.3, 0.4) is 0 Å². The minimum absolute atomic E-state index is 0.149. The first-order chi connectivity index (χ1) is 12.0. The van der Waals surface area contributed by atoms with Crippen LogP contribution in [0, 0.1) is 0 Å². The van der Waals surface area contributed by atoms with Crippen LogP contribution in [-0.2, 0) is 6.54 Å². The van der Waals surface area contributed by atoms with Crippen LogP contribution in [0.2, 0.25) is 15.1 Å². The Bertz CT molecular complexity index is 702. The number of β-amino-alcohol motifs (C(OH)–C–C–N with tert-alkyl or cyclic N) is 1. The molecule has 0 amide bonds. The minimum atomic E-state index is -0.483. The highest BCUT2D eigenvalue weighted by molar-refractivity contribution is 6.42. The maximum Gasteiger partial charge on any atom is 0.121 e. The molecule has 1 N–H and O–H groups in total. The quantitative estimate of drug-likeness (QED) is 0.797. The summed E-state index contributed by atoms with van der Waals surface area (Å²) in [6.07, 6.45) is 4.75. The van der Waals surface area contributed by atoms with Gasteiger partial charge in [0.15, 0.2) is 0 Å². The van der Waals surface area contributed by atoms with E-state index >= 15 is 0 Å². The normalized spacial score (nSPS) is 17.6. The van der Waals surface area contributed by atoms with Crippen molar-refractivity contribution in [1.29, 1.82) is 0 Å². The zero-order valence-electron chi connectivity index (χ0n) is 13.6. The molecule has 1 fully saturated rings. The molecule has 8 heteroatoms. The number of aliphatic hydroxyl groups excluding tert-OH is 1. The average molecular weight is 405 g/mol. The molecule has 0 spiro atoms. The minimum Gasteiger partial charge on any atom is -0.490 e. The van der Waals surface area contributed by atoms with Crippen molar-refractivity contribution in [3.05, 3.63) is 45.7 Å². The molecule has 1 aliphatic rings. The van der Waals surface area contributed by atoms with Crippen molar-refractivity contribution in [1.82, 2.24) is 14.7 Å². The van der Waals surface area contributed by atoms with Crippen molar-refractivity contribution in [3.8, 4) is 5.75 Å². The molecule has 1 aliphatic heterocycles. The van der Waals surface area contributed by atoms with Crippen LogP contribution in [-0.4, -0.2) is 51.6 Å². The van der Waals surface area contributed by atoms with Crippen molar-refractivity contribution >= 4 is 34.8 Å². The number of hydrogen-bond donors (Lipinski definition) is 1. The van der Waals surface area contributed by atoms with Crippen molar-refractivity contribution < 1.29 is 9.84 Å². The fraction of sp³-hybridized carbons (Fsp3) is 0.471. The molecule has 1 aromatic heterocycles. The third-order valence-corrected chi connectivity index (χ3v) is 5.13. The summed E-state index contributed by atoms with van der Waals surface area (Å²) in [5.74, 6) is 0.739. The van der Waals surface area contributed by atoms with E-state index in [0.29, 0.717) is 28.2 Å². The second kappa shape index (κ2) is 8.60. The first-order valence-corrected chi connectivity index (χ1v) is 9.33. The molecule has 5 nitrogen and oxygen atoms in total. The molecule has 2 heterocycles. The van der Waals surface area contributed by atoms with E-state index in [2.05, 4.69) is 10.00 Å². The van der Waals surface area contributed by atoms with E-state index in [0.717, 1.165) is 31.7 Å². The van der Waals surface area contributed by atoms with E-state index in [-0.39, 0.29) is 6.10 Å². The van der Waals surface area contributed by atoms with Crippen LogP contribution in [0.1, 0.15) is 12.8 Å². The van der Waals surface area contributed by atoms with Gasteiger partial charge in [0.25, 0.3) is 0 Å². The Balaban J connectivity index is 1.42. The molecule has 1 aromatic carbocycles. The number of benzene rings is 1. The van der Waals surface area contributed by atoms with Crippen LogP contribution in [0.15, 0.2) is 30.6 Å². The smallest absolute Gasteiger partial charge is 0.121 e. The summed E-state index contributed by atoms with van der Waals surface area (Å²) in [5.41, 5.74) is 0. The second-order valence-electron chi connectivity index (χ2n) is 6.23. The van der Waals surface area contributed by atoms with Gasteiger partial charge in [0.05, 0.1) is 33.9 Å². The first-order valence-electron chi connectivity index (χ1n) is 8.19. The summed E-state index contributed by atoms with van der Waals surface area (Å²) in [5, 5.41) is 15.9. The third kappa shape index (κ3) is 5.50. The zero-order chi connectivity index (χ0) is 17.8. The van der Waals surface area contributed by atoms with Crippen molar-refractivity contribution in [3.63, 3.8) is 0 Å². The third-order valence-electron chi connectivity index (χ3n) is 4.20. The molecule has 1 atom stereocenters. The van der Waals surface area contributed by atoms with Gasteiger partial charge in [-0.3, -0.25) is 4.68 Å². The maximum absolute atomic E-state index is 10.2. The number of halogens is 3. The van der Waals surface area contributed by atoms with Gasteiger partial charge in [-0.15, -0.1) is 0 Å². The Morgan fingerprint density at radius 3 is 2.56 bits per heavy atom. The van der Waals surface area contributed by atoms with E-state index in [1.165, 1.54) is 0 Å². The lowest BCUT2D eigenvalue weighted by molar-refractivity contribution is 0.0534. The SMILES string of the molecule is O[C@H](CN1CCC(Oc2ccc(Cl)c(Cl)c2)CC1)Cn1cc(Cl)cn1. The molecule has 0 aliphatic carbocycles. The van der Waals surface area contributed by atoms with Gasteiger partial charge in [-0.05, 0) is 25.0 Å². The van der Waals surface area contributed by atoms with Gasteiger partial charge in [0.2, 0.25) is 0 Å². The van der Waals surface area contributed by atoms with Crippen LogP contribution in [0.25, 0.3) is 0 Å². The van der Waals surface area contributed by atoms with Crippen LogP contribution in [0.5, 0.6) is 5.75 Å². The molecule has 3 rings (SSSR count). The monoisotopic (exact) mass is 403 g/mol. The van der Waals surface area contributed by atoms with E-state index < -0.39 is 6.10 Å². The van der Waals surface area contributed by atoms with Gasteiger partial charge in [-0.25, -0.2) is 0 Å². The number of ether oxygens (including phenoxy) is 1. The fourth-order valence-electron chi connectivity index (χ4n) is 2.96. The number of piperidine rings is 1. The Labute approximate surface area is 162 Å². The molecular weight excluding hydrogens is 385 g/mol.